The molecule has 0 spiro atoms. The van der Waals surface area contributed by atoms with E-state index in [1.165, 1.54) is 12.8 Å². The summed E-state index contributed by atoms with van der Waals surface area (Å²) in [6, 6.07) is 13.6. The van der Waals surface area contributed by atoms with E-state index in [2.05, 4.69) is 27.5 Å². The summed E-state index contributed by atoms with van der Waals surface area (Å²) in [5.74, 6) is 0.345. The Bertz CT molecular complexity index is 1010. The first-order valence-electron chi connectivity index (χ1n) is 10.3. The van der Waals surface area contributed by atoms with Gasteiger partial charge in [-0.05, 0) is 42.8 Å². The summed E-state index contributed by atoms with van der Waals surface area (Å²) >= 11 is 6.07. The number of hydrogen-bond donors (Lipinski definition) is 2. The van der Waals surface area contributed by atoms with Gasteiger partial charge >= 0.3 is 6.18 Å². The molecule has 32 heavy (non-hydrogen) atoms. The number of para-hydroxylation sites is 1. The van der Waals surface area contributed by atoms with Gasteiger partial charge in [0, 0.05) is 11.9 Å². The normalized spacial score (nSPS) is 11.3. The molecule has 0 bridgehead atoms. The highest BCUT2D eigenvalue weighted by Gasteiger charge is 2.35. The van der Waals surface area contributed by atoms with Gasteiger partial charge in [0.2, 0.25) is 5.95 Å². The largest absolute Gasteiger partial charge is 0.494 e. The fourth-order valence-electron chi connectivity index (χ4n) is 2.92. The first-order valence-corrected chi connectivity index (χ1v) is 10.7. The first-order chi connectivity index (χ1) is 15.4. The monoisotopic (exact) mass is 464 g/mol. The molecule has 9 heteroatoms. The standard InChI is InChI=1S/C23H24ClF3N4O/c1-2-3-4-7-14-32-17-12-10-16(11-13-17)29-22-28-15-18(23(25,26)27)21(31-22)30-20-9-6-5-8-19(20)24/h5-6,8-13,15H,2-4,7,14H2,1H3,(H2,28,29,30,31). The number of nitrogens with one attached hydrogen (secondary N) is 2. The molecular formula is C23H24ClF3N4O. The smallest absolute Gasteiger partial charge is 0.421 e. The average molecular weight is 465 g/mol. The van der Waals surface area contributed by atoms with Crippen LogP contribution in [0.5, 0.6) is 5.75 Å². The summed E-state index contributed by atoms with van der Waals surface area (Å²) in [5.41, 5.74) is -0.0636. The van der Waals surface area contributed by atoms with Gasteiger partial charge in [-0.3, -0.25) is 0 Å². The highest BCUT2D eigenvalue weighted by atomic mass is 35.5. The molecule has 170 valence electrons. The van der Waals surface area contributed by atoms with Crippen molar-refractivity contribution >= 4 is 34.7 Å². The molecule has 2 N–H and O–H groups in total. The Morgan fingerprint density at radius 2 is 1.72 bits per heavy atom. The summed E-state index contributed by atoms with van der Waals surface area (Å²) in [5, 5.41) is 5.85. The van der Waals surface area contributed by atoms with Gasteiger partial charge in [0.15, 0.2) is 0 Å². The van der Waals surface area contributed by atoms with E-state index in [0.717, 1.165) is 24.8 Å². The minimum absolute atomic E-state index is 0.0146. The van der Waals surface area contributed by atoms with Crippen LogP contribution in [0, 0.1) is 0 Å². The predicted octanol–water partition coefficient (Wildman–Crippen LogP) is 7.60. The van der Waals surface area contributed by atoms with Crippen molar-refractivity contribution in [1.29, 1.82) is 0 Å². The van der Waals surface area contributed by atoms with E-state index >= 15 is 0 Å². The van der Waals surface area contributed by atoms with Gasteiger partial charge in [-0.15, -0.1) is 0 Å². The Morgan fingerprint density at radius 3 is 2.41 bits per heavy atom. The molecule has 0 radical (unpaired) electrons. The van der Waals surface area contributed by atoms with Gasteiger partial charge in [-0.25, -0.2) is 4.98 Å². The van der Waals surface area contributed by atoms with Crippen molar-refractivity contribution in [2.45, 2.75) is 38.8 Å². The summed E-state index contributed by atoms with van der Waals surface area (Å²) < 4.78 is 46.0. The van der Waals surface area contributed by atoms with Gasteiger partial charge in [0.1, 0.15) is 17.1 Å². The molecule has 0 atom stereocenters. The van der Waals surface area contributed by atoms with Crippen molar-refractivity contribution in [2.24, 2.45) is 0 Å². The first kappa shape index (κ1) is 23.7. The minimum atomic E-state index is -4.63. The van der Waals surface area contributed by atoms with E-state index in [9.17, 15) is 13.2 Å². The van der Waals surface area contributed by atoms with Gasteiger partial charge in [0.25, 0.3) is 0 Å². The summed E-state index contributed by atoms with van der Waals surface area (Å²) in [6.45, 7) is 2.80. The van der Waals surface area contributed by atoms with Crippen LogP contribution in [0.15, 0.2) is 54.7 Å². The number of alkyl halides is 3. The third-order valence-corrected chi connectivity index (χ3v) is 4.93. The number of aromatic nitrogens is 2. The van der Waals surface area contributed by atoms with Crippen LogP contribution >= 0.6 is 11.6 Å². The number of rotatable bonds is 10. The second kappa shape index (κ2) is 11.0. The van der Waals surface area contributed by atoms with E-state index in [0.29, 0.717) is 18.0 Å². The molecule has 0 aliphatic carbocycles. The summed E-state index contributed by atoms with van der Waals surface area (Å²) in [6.07, 6.45) is 0.593. The van der Waals surface area contributed by atoms with Crippen LogP contribution in [0.3, 0.4) is 0 Å². The van der Waals surface area contributed by atoms with Crippen LogP contribution < -0.4 is 15.4 Å². The maximum atomic E-state index is 13.4. The van der Waals surface area contributed by atoms with Crippen LogP contribution in [0.25, 0.3) is 0 Å². The second-order valence-electron chi connectivity index (χ2n) is 7.12. The maximum absolute atomic E-state index is 13.4. The van der Waals surface area contributed by atoms with Crippen LogP contribution in [0.1, 0.15) is 38.2 Å². The van der Waals surface area contributed by atoms with Gasteiger partial charge < -0.3 is 15.4 Å². The predicted molar refractivity (Wildman–Crippen MR) is 121 cm³/mol. The van der Waals surface area contributed by atoms with Gasteiger partial charge in [0.05, 0.1) is 17.3 Å². The lowest BCUT2D eigenvalue weighted by Gasteiger charge is -2.15. The Labute approximate surface area is 190 Å². The third kappa shape index (κ3) is 6.75. The van der Waals surface area contributed by atoms with Gasteiger partial charge in [-0.1, -0.05) is 49.9 Å². The third-order valence-electron chi connectivity index (χ3n) is 4.60. The lowest BCUT2D eigenvalue weighted by atomic mass is 10.2. The van der Waals surface area contributed by atoms with Crippen molar-refractivity contribution in [2.75, 3.05) is 17.2 Å². The minimum Gasteiger partial charge on any atom is -0.494 e. The number of hydrogen-bond acceptors (Lipinski definition) is 5. The lowest BCUT2D eigenvalue weighted by molar-refractivity contribution is -0.137. The second-order valence-corrected chi connectivity index (χ2v) is 7.52. The topological polar surface area (TPSA) is 59.1 Å². The molecule has 0 saturated heterocycles. The number of ether oxygens (including phenoxy) is 1. The molecule has 3 rings (SSSR count). The zero-order valence-electron chi connectivity index (χ0n) is 17.5. The average Bonchev–Trinajstić information content (AvgIpc) is 2.76. The summed E-state index contributed by atoms with van der Waals surface area (Å²) in [4.78, 5) is 7.85. The van der Waals surface area contributed by atoms with Crippen LogP contribution in [0.4, 0.5) is 36.3 Å². The quantitative estimate of drug-likeness (QED) is 0.302. The van der Waals surface area contributed by atoms with E-state index < -0.39 is 17.6 Å². The fourth-order valence-corrected chi connectivity index (χ4v) is 3.10. The van der Waals surface area contributed by atoms with Crippen molar-refractivity contribution < 1.29 is 17.9 Å². The highest BCUT2D eigenvalue weighted by molar-refractivity contribution is 6.33. The molecule has 1 aromatic heterocycles. The molecule has 1 heterocycles. The molecule has 5 nitrogen and oxygen atoms in total. The van der Waals surface area contributed by atoms with Gasteiger partial charge in [-0.2, -0.15) is 18.2 Å². The van der Waals surface area contributed by atoms with E-state index in [4.69, 9.17) is 16.3 Å². The Hall–Kier alpha value is -3.00. The number of nitrogens with zero attached hydrogens (tertiary/aromatic N) is 2. The zero-order valence-corrected chi connectivity index (χ0v) is 18.3. The fraction of sp³-hybridized carbons (Fsp3) is 0.304. The molecule has 0 aliphatic heterocycles. The van der Waals surface area contributed by atoms with Crippen LogP contribution in [-0.4, -0.2) is 16.6 Å². The molecule has 3 aromatic rings. The number of anilines is 4. The van der Waals surface area contributed by atoms with Crippen molar-refractivity contribution in [1.82, 2.24) is 9.97 Å². The number of unbranched alkanes of at least 4 members (excludes halogenated alkanes) is 3. The Balaban J connectivity index is 1.72. The number of benzene rings is 2. The maximum Gasteiger partial charge on any atom is 0.421 e. The summed E-state index contributed by atoms with van der Waals surface area (Å²) in [7, 11) is 0. The zero-order chi connectivity index (χ0) is 23.0. The SMILES string of the molecule is CCCCCCOc1ccc(Nc2ncc(C(F)(F)F)c(Nc3ccccc3Cl)n2)cc1. The Kier molecular flexibility index (Phi) is 8.16. The molecule has 0 aliphatic rings. The molecule has 0 saturated carbocycles. The van der Waals surface area contributed by atoms with E-state index in [-0.39, 0.29) is 11.0 Å². The molecule has 0 fully saturated rings. The lowest BCUT2D eigenvalue weighted by Crippen LogP contribution is -2.12. The molecule has 0 amide bonds. The van der Waals surface area contributed by atoms with Crippen molar-refractivity contribution in [3.05, 3.63) is 65.3 Å². The van der Waals surface area contributed by atoms with Crippen LogP contribution in [-0.2, 0) is 6.18 Å². The number of halogens is 4. The molecule has 2 aromatic carbocycles. The van der Waals surface area contributed by atoms with Crippen LogP contribution in [0.2, 0.25) is 5.02 Å². The van der Waals surface area contributed by atoms with E-state index in [1.54, 1.807) is 48.5 Å². The highest BCUT2D eigenvalue weighted by Crippen LogP contribution is 2.36. The van der Waals surface area contributed by atoms with E-state index in [1.807, 2.05) is 0 Å². The molecular weight excluding hydrogens is 441 g/mol. The van der Waals surface area contributed by atoms with Crippen molar-refractivity contribution in [3.8, 4) is 5.75 Å². The molecule has 0 unspecified atom stereocenters. The van der Waals surface area contributed by atoms with Crippen molar-refractivity contribution in [3.63, 3.8) is 0 Å². The Morgan fingerprint density at radius 1 is 0.969 bits per heavy atom.